The number of hydrogen-bond donors (Lipinski definition) is 1. The van der Waals surface area contributed by atoms with Crippen molar-refractivity contribution < 1.29 is 9.59 Å². The molecule has 1 aliphatic heterocycles. The summed E-state index contributed by atoms with van der Waals surface area (Å²) in [4.78, 5) is 31.4. The van der Waals surface area contributed by atoms with E-state index in [1.807, 2.05) is 12.3 Å². The molecule has 2 aromatic rings. The molecule has 1 aromatic carbocycles. The minimum absolute atomic E-state index is 0.185. The second kappa shape index (κ2) is 11.7. The molecule has 37 heavy (non-hydrogen) atoms. The molecule has 0 bridgehead atoms. The van der Waals surface area contributed by atoms with Crippen molar-refractivity contribution in [3.05, 3.63) is 60.7 Å². The molecule has 8 heteroatoms. The Morgan fingerprint density at radius 2 is 1.59 bits per heavy atom. The van der Waals surface area contributed by atoms with E-state index >= 15 is 0 Å². The summed E-state index contributed by atoms with van der Waals surface area (Å²) in [5.74, 6) is 1.50. The summed E-state index contributed by atoms with van der Waals surface area (Å²) in [5.41, 5.74) is 10.4. The van der Waals surface area contributed by atoms with Gasteiger partial charge in [-0.25, -0.2) is 0 Å². The fourth-order valence-electron chi connectivity index (χ4n) is 6.81. The number of hydrogen-bond acceptors (Lipinski definition) is 3. The van der Waals surface area contributed by atoms with Gasteiger partial charge in [-0.1, -0.05) is 27.5 Å². The number of likely N-dealkylation sites (tertiary alicyclic amines) is 1. The minimum Gasteiger partial charge on any atom is -0.370 e. The van der Waals surface area contributed by atoms with E-state index < -0.39 is 0 Å². The maximum Gasteiger partial charge on any atom is 0.222 e. The fourth-order valence-corrected chi connectivity index (χ4v) is 8.31. The van der Waals surface area contributed by atoms with E-state index in [9.17, 15) is 9.59 Å². The molecule has 1 aromatic heterocycles. The van der Waals surface area contributed by atoms with E-state index in [1.165, 1.54) is 22.4 Å². The predicted molar refractivity (Wildman–Crippen MR) is 154 cm³/mol. The van der Waals surface area contributed by atoms with Crippen molar-refractivity contribution in [3.8, 4) is 0 Å². The van der Waals surface area contributed by atoms with E-state index in [2.05, 4.69) is 48.9 Å². The van der Waals surface area contributed by atoms with Gasteiger partial charge in [0.05, 0.1) is 5.69 Å². The first-order valence-electron chi connectivity index (χ1n) is 13.5. The molecule has 2 N–H and O–H groups in total. The molecular formula is C29H34Br2ClN3O2. The lowest BCUT2D eigenvalue weighted by Crippen LogP contribution is -2.41. The Kier molecular flexibility index (Phi) is 8.62. The average Bonchev–Trinajstić information content (AvgIpc) is 3.02. The van der Waals surface area contributed by atoms with Crippen molar-refractivity contribution in [1.29, 1.82) is 0 Å². The van der Waals surface area contributed by atoms with Crippen LogP contribution in [-0.4, -0.2) is 34.8 Å². The van der Waals surface area contributed by atoms with Crippen LogP contribution in [-0.2, 0) is 22.4 Å². The summed E-state index contributed by atoms with van der Waals surface area (Å²) in [6.45, 7) is 1.59. The molecule has 5 rings (SSSR count). The minimum atomic E-state index is -0.209. The number of carbonyl (C=O) groups is 2. The van der Waals surface area contributed by atoms with Crippen molar-refractivity contribution in [2.45, 2.75) is 70.1 Å². The third-order valence-corrected chi connectivity index (χ3v) is 10.0. The number of amides is 2. The molecule has 2 aliphatic carbocycles. The van der Waals surface area contributed by atoms with Gasteiger partial charge in [-0.3, -0.25) is 14.6 Å². The first-order chi connectivity index (χ1) is 17.8. The lowest BCUT2D eigenvalue weighted by molar-refractivity contribution is -0.134. The molecule has 1 saturated heterocycles. The maximum absolute atomic E-state index is 13.2. The number of aromatic nitrogens is 1. The zero-order valence-corrected chi connectivity index (χ0v) is 25.0. The van der Waals surface area contributed by atoms with Crippen LogP contribution in [0.2, 0.25) is 5.02 Å². The second-order valence-corrected chi connectivity index (χ2v) is 13.3. The van der Waals surface area contributed by atoms with Crippen LogP contribution in [0, 0.1) is 17.8 Å². The van der Waals surface area contributed by atoms with Crippen LogP contribution in [0.1, 0.15) is 79.7 Å². The SMILES string of the molecule is NC(=O)CC1CCC(CC(=O)N2CCC([C@H]3c4ncc(Br)cc4CCc4cc(Cl)cc(Br)c43)CC2)CC1. The normalized spacial score (nSPS) is 24.2. The Hall–Kier alpha value is -1.44. The van der Waals surface area contributed by atoms with Crippen LogP contribution in [0.5, 0.6) is 0 Å². The number of piperidine rings is 1. The molecule has 198 valence electrons. The van der Waals surface area contributed by atoms with E-state index in [4.69, 9.17) is 22.3 Å². The molecule has 3 aliphatic rings. The standard InChI is InChI=1S/C29H34Br2ClN3O2/c30-22-13-21-6-5-20-14-23(32)15-24(31)27(20)28(29(21)34-16-22)19-7-9-35(10-8-19)26(37)12-18-3-1-17(2-4-18)11-25(33)36/h13-19,28H,1-12H2,(H2,33,36)/t17?,18?,28-/m1/s1. The average molecular weight is 652 g/mol. The highest BCUT2D eigenvalue weighted by molar-refractivity contribution is 9.10. The number of fused-ring (bicyclic) bond motifs is 2. The Morgan fingerprint density at radius 3 is 2.27 bits per heavy atom. The number of primary amides is 1. The summed E-state index contributed by atoms with van der Waals surface area (Å²) in [5, 5.41) is 0.758. The topological polar surface area (TPSA) is 76.3 Å². The lowest BCUT2D eigenvalue weighted by atomic mass is 9.76. The molecule has 0 spiro atoms. The summed E-state index contributed by atoms with van der Waals surface area (Å²) in [6, 6.07) is 6.34. The van der Waals surface area contributed by atoms with Crippen molar-refractivity contribution in [3.63, 3.8) is 0 Å². The molecule has 0 radical (unpaired) electrons. The second-order valence-electron chi connectivity index (χ2n) is 11.1. The summed E-state index contributed by atoms with van der Waals surface area (Å²) in [6.07, 6.45) is 10.9. The lowest BCUT2D eigenvalue weighted by Gasteiger charge is -2.38. The number of halogens is 3. The van der Waals surface area contributed by atoms with Crippen LogP contribution in [0.25, 0.3) is 0 Å². The van der Waals surface area contributed by atoms with E-state index in [1.54, 1.807) is 0 Å². The molecule has 2 amide bonds. The number of carbonyl (C=O) groups excluding carboxylic acids is 2. The van der Waals surface area contributed by atoms with Crippen molar-refractivity contribution in [1.82, 2.24) is 9.88 Å². The Balaban J connectivity index is 1.27. The van der Waals surface area contributed by atoms with Crippen LogP contribution < -0.4 is 5.73 Å². The molecule has 1 atom stereocenters. The summed E-state index contributed by atoms with van der Waals surface area (Å²) < 4.78 is 2.07. The first-order valence-corrected chi connectivity index (χ1v) is 15.4. The quantitative estimate of drug-likeness (QED) is 0.387. The van der Waals surface area contributed by atoms with Gasteiger partial charge in [0, 0.05) is 52.0 Å². The van der Waals surface area contributed by atoms with Gasteiger partial charge in [0.15, 0.2) is 0 Å². The van der Waals surface area contributed by atoms with Crippen molar-refractivity contribution in [2.24, 2.45) is 23.5 Å². The van der Waals surface area contributed by atoms with Gasteiger partial charge in [-0.05, 0) is 120 Å². The Bertz CT molecular complexity index is 1170. The Morgan fingerprint density at radius 1 is 0.946 bits per heavy atom. The van der Waals surface area contributed by atoms with Gasteiger partial charge in [-0.15, -0.1) is 0 Å². The van der Waals surface area contributed by atoms with Crippen LogP contribution in [0.4, 0.5) is 0 Å². The van der Waals surface area contributed by atoms with Gasteiger partial charge < -0.3 is 10.6 Å². The highest BCUT2D eigenvalue weighted by Gasteiger charge is 2.36. The molecular weight excluding hydrogens is 618 g/mol. The van der Waals surface area contributed by atoms with E-state index in [-0.39, 0.29) is 17.7 Å². The first kappa shape index (κ1) is 27.1. The molecule has 5 nitrogen and oxygen atoms in total. The molecule has 2 heterocycles. The third-order valence-electron chi connectivity index (χ3n) is 8.70. The number of benzene rings is 1. The van der Waals surface area contributed by atoms with Crippen molar-refractivity contribution in [2.75, 3.05) is 13.1 Å². The monoisotopic (exact) mass is 649 g/mol. The van der Waals surface area contributed by atoms with Crippen LogP contribution in [0.15, 0.2) is 33.3 Å². The van der Waals surface area contributed by atoms with Crippen molar-refractivity contribution >= 4 is 55.3 Å². The molecule has 2 fully saturated rings. The molecule has 0 unspecified atom stereocenters. The van der Waals surface area contributed by atoms with Gasteiger partial charge in [0.1, 0.15) is 0 Å². The largest absolute Gasteiger partial charge is 0.370 e. The van der Waals surface area contributed by atoms with Gasteiger partial charge in [0.2, 0.25) is 11.8 Å². The van der Waals surface area contributed by atoms with Gasteiger partial charge in [-0.2, -0.15) is 0 Å². The smallest absolute Gasteiger partial charge is 0.222 e. The van der Waals surface area contributed by atoms with Crippen LogP contribution in [0.3, 0.4) is 0 Å². The number of rotatable bonds is 5. The fraction of sp³-hybridized carbons (Fsp3) is 0.552. The predicted octanol–water partition coefficient (Wildman–Crippen LogP) is 6.80. The zero-order chi connectivity index (χ0) is 26.1. The molecule has 1 saturated carbocycles. The van der Waals surface area contributed by atoms with Crippen LogP contribution >= 0.6 is 43.5 Å². The number of nitrogens with zero attached hydrogens (tertiary/aromatic N) is 2. The van der Waals surface area contributed by atoms with Gasteiger partial charge >= 0.3 is 0 Å². The third kappa shape index (κ3) is 6.25. The highest BCUT2D eigenvalue weighted by atomic mass is 79.9. The maximum atomic E-state index is 13.2. The van der Waals surface area contributed by atoms with E-state index in [0.717, 1.165) is 78.4 Å². The number of nitrogens with two attached hydrogens (primary N) is 1. The number of aryl methyl sites for hydroxylation is 2. The number of pyridine rings is 1. The Labute approximate surface area is 241 Å². The van der Waals surface area contributed by atoms with E-state index in [0.29, 0.717) is 30.6 Å². The zero-order valence-electron chi connectivity index (χ0n) is 21.0. The van der Waals surface area contributed by atoms with Gasteiger partial charge in [0.25, 0.3) is 0 Å². The highest BCUT2D eigenvalue weighted by Crippen LogP contribution is 2.46. The summed E-state index contributed by atoms with van der Waals surface area (Å²) >= 11 is 13.9. The summed E-state index contributed by atoms with van der Waals surface area (Å²) in [7, 11) is 0.